The highest BCUT2D eigenvalue weighted by molar-refractivity contribution is 6.34. The molecule has 1 rings (SSSR count). The lowest BCUT2D eigenvalue weighted by Crippen LogP contribution is -2.09. The second-order valence-electron chi connectivity index (χ2n) is 3.04. The molecule has 13 heavy (non-hydrogen) atoms. The van der Waals surface area contributed by atoms with Crippen molar-refractivity contribution in [3.05, 3.63) is 41.5 Å². The molecule has 0 saturated carbocycles. The maximum Gasteiger partial charge on any atom is 0.114 e. The van der Waals surface area contributed by atoms with E-state index >= 15 is 0 Å². The van der Waals surface area contributed by atoms with Crippen molar-refractivity contribution in [2.24, 2.45) is 0 Å². The van der Waals surface area contributed by atoms with Crippen molar-refractivity contribution < 1.29 is 0 Å². The Morgan fingerprint density at radius 1 is 1.38 bits per heavy atom. The standard InChI is InChI=1S/C12H13B/c1-4-6-11-9(3)7-10(5-2)8-12(11)13/h4-8H,2H2,1,3H3/b6-4-. The van der Waals surface area contributed by atoms with Crippen LogP contribution in [0.3, 0.4) is 0 Å². The maximum atomic E-state index is 5.88. The minimum atomic E-state index is 0.813. The summed E-state index contributed by atoms with van der Waals surface area (Å²) in [6.45, 7) is 7.76. The maximum absolute atomic E-state index is 5.88. The monoisotopic (exact) mass is 168 g/mol. The molecule has 0 spiro atoms. The third-order valence-corrected chi connectivity index (χ3v) is 2.01. The van der Waals surface area contributed by atoms with Gasteiger partial charge in [-0.1, -0.05) is 42.4 Å². The van der Waals surface area contributed by atoms with Gasteiger partial charge < -0.3 is 0 Å². The first kappa shape index (κ1) is 9.85. The molecular weight excluding hydrogens is 155 g/mol. The Morgan fingerprint density at radius 3 is 2.54 bits per heavy atom. The van der Waals surface area contributed by atoms with Crippen LogP contribution in [0.5, 0.6) is 0 Å². The summed E-state index contributed by atoms with van der Waals surface area (Å²) in [5.74, 6) is 0. The second-order valence-corrected chi connectivity index (χ2v) is 3.04. The predicted octanol–water partition coefficient (Wildman–Crippen LogP) is 2.46. The van der Waals surface area contributed by atoms with E-state index in [4.69, 9.17) is 7.85 Å². The molecule has 1 aromatic rings. The lowest BCUT2D eigenvalue weighted by atomic mass is 9.86. The third kappa shape index (κ3) is 2.12. The van der Waals surface area contributed by atoms with Gasteiger partial charge in [0, 0.05) is 0 Å². The Balaban J connectivity index is 3.30. The lowest BCUT2D eigenvalue weighted by molar-refractivity contribution is 1.45. The first-order valence-electron chi connectivity index (χ1n) is 4.34. The van der Waals surface area contributed by atoms with E-state index in [1.165, 1.54) is 5.56 Å². The van der Waals surface area contributed by atoms with E-state index in [0.29, 0.717) is 0 Å². The van der Waals surface area contributed by atoms with Crippen molar-refractivity contribution >= 4 is 25.5 Å². The van der Waals surface area contributed by atoms with Crippen molar-refractivity contribution in [1.29, 1.82) is 0 Å². The van der Waals surface area contributed by atoms with E-state index in [1.807, 2.05) is 31.2 Å². The quantitative estimate of drug-likeness (QED) is 0.595. The van der Waals surface area contributed by atoms with Crippen LogP contribution in [0.2, 0.25) is 0 Å². The minimum absolute atomic E-state index is 0.813. The van der Waals surface area contributed by atoms with Crippen LogP contribution < -0.4 is 5.46 Å². The number of rotatable bonds is 2. The SMILES string of the molecule is [B]c1cc(C=C)cc(C)c1/C=C\C. The Hall–Kier alpha value is -1.24. The fraction of sp³-hybridized carbons (Fsp3) is 0.167. The van der Waals surface area contributed by atoms with Crippen LogP contribution >= 0.6 is 0 Å². The van der Waals surface area contributed by atoms with Crippen LogP contribution in [0.15, 0.2) is 24.8 Å². The molecule has 0 nitrogen and oxygen atoms in total. The smallest absolute Gasteiger partial charge is 0.0985 e. The molecule has 0 fully saturated rings. The molecule has 0 amide bonds. The van der Waals surface area contributed by atoms with Crippen molar-refractivity contribution in [2.75, 3.05) is 0 Å². The summed E-state index contributed by atoms with van der Waals surface area (Å²) in [6.07, 6.45) is 5.83. The largest absolute Gasteiger partial charge is 0.114 e. The van der Waals surface area contributed by atoms with Gasteiger partial charge in [-0.3, -0.25) is 0 Å². The predicted molar refractivity (Wildman–Crippen MR) is 61.4 cm³/mol. The van der Waals surface area contributed by atoms with Crippen LogP contribution in [-0.4, -0.2) is 7.85 Å². The van der Waals surface area contributed by atoms with Gasteiger partial charge in [0.15, 0.2) is 0 Å². The fourth-order valence-corrected chi connectivity index (χ4v) is 1.37. The molecule has 0 unspecified atom stereocenters. The Morgan fingerprint density at radius 2 is 2.08 bits per heavy atom. The van der Waals surface area contributed by atoms with Crippen molar-refractivity contribution in [2.45, 2.75) is 13.8 Å². The topological polar surface area (TPSA) is 0 Å². The summed E-state index contributed by atoms with van der Waals surface area (Å²) >= 11 is 0. The van der Waals surface area contributed by atoms with Crippen LogP contribution in [0.4, 0.5) is 0 Å². The van der Waals surface area contributed by atoms with Crippen LogP contribution in [-0.2, 0) is 0 Å². The summed E-state index contributed by atoms with van der Waals surface area (Å²) in [4.78, 5) is 0. The van der Waals surface area contributed by atoms with Crippen molar-refractivity contribution in [1.82, 2.24) is 0 Å². The molecule has 64 valence electrons. The van der Waals surface area contributed by atoms with Crippen molar-refractivity contribution in [3.63, 3.8) is 0 Å². The van der Waals surface area contributed by atoms with Gasteiger partial charge in [-0.15, -0.1) is 0 Å². The molecule has 0 aliphatic carbocycles. The molecule has 0 atom stereocenters. The zero-order valence-electron chi connectivity index (χ0n) is 8.17. The van der Waals surface area contributed by atoms with Gasteiger partial charge in [-0.05, 0) is 30.5 Å². The first-order valence-corrected chi connectivity index (χ1v) is 4.34. The van der Waals surface area contributed by atoms with E-state index < -0.39 is 0 Å². The number of hydrogen-bond acceptors (Lipinski definition) is 0. The normalized spacial score (nSPS) is 10.6. The Labute approximate surface area is 81.4 Å². The second kappa shape index (κ2) is 4.13. The highest BCUT2D eigenvalue weighted by Gasteiger charge is 1.99. The number of allylic oxidation sites excluding steroid dienone is 1. The van der Waals surface area contributed by atoms with Gasteiger partial charge in [0.2, 0.25) is 0 Å². The van der Waals surface area contributed by atoms with Crippen LogP contribution in [0, 0.1) is 6.92 Å². The molecular formula is C12H13B. The van der Waals surface area contributed by atoms with Crippen LogP contribution in [0.25, 0.3) is 12.2 Å². The average Bonchev–Trinajstić information content (AvgIpc) is 2.11. The molecule has 0 saturated heterocycles. The van der Waals surface area contributed by atoms with Gasteiger partial charge in [-0.25, -0.2) is 0 Å². The highest BCUT2D eigenvalue weighted by atomic mass is 14.0. The number of aryl methyl sites for hydroxylation is 1. The van der Waals surface area contributed by atoms with Gasteiger partial charge in [0.1, 0.15) is 7.85 Å². The van der Waals surface area contributed by atoms with E-state index in [1.54, 1.807) is 0 Å². The van der Waals surface area contributed by atoms with E-state index in [9.17, 15) is 0 Å². The van der Waals surface area contributed by atoms with Gasteiger partial charge in [0.25, 0.3) is 0 Å². The Bertz CT molecular complexity index is 325. The first-order chi connectivity index (χ1) is 6.19. The summed E-state index contributed by atoms with van der Waals surface area (Å²) in [5, 5.41) is 0. The Kier molecular flexibility index (Phi) is 3.13. The zero-order chi connectivity index (χ0) is 9.84. The molecule has 0 bridgehead atoms. The van der Waals surface area contributed by atoms with E-state index in [0.717, 1.165) is 16.6 Å². The number of hydrogen-bond donors (Lipinski definition) is 0. The van der Waals surface area contributed by atoms with E-state index in [-0.39, 0.29) is 0 Å². The third-order valence-electron chi connectivity index (χ3n) is 2.01. The van der Waals surface area contributed by atoms with Gasteiger partial charge in [-0.2, -0.15) is 0 Å². The van der Waals surface area contributed by atoms with Crippen LogP contribution in [0.1, 0.15) is 23.6 Å². The molecule has 0 aliphatic rings. The molecule has 1 aromatic carbocycles. The lowest BCUT2D eigenvalue weighted by Gasteiger charge is -2.07. The zero-order valence-corrected chi connectivity index (χ0v) is 8.17. The van der Waals surface area contributed by atoms with Gasteiger partial charge >= 0.3 is 0 Å². The molecule has 0 aromatic heterocycles. The van der Waals surface area contributed by atoms with Crippen molar-refractivity contribution in [3.8, 4) is 0 Å². The molecule has 2 radical (unpaired) electrons. The average molecular weight is 168 g/mol. The van der Waals surface area contributed by atoms with Gasteiger partial charge in [0.05, 0.1) is 0 Å². The molecule has 0 aliphatic heterocycles. The summed E-state index contributed by atoms with van der Waals surface area (Å²) < 4.78 is 0. The summed E-state index contributed by atoms with van der Waals surface area (Å²) in [7, 11) is 5.88. The fourth-order valence-electron chi connectivity index (χ4n) is 1.37. The molecule has 0 N–H and O–H groups in total. The molecule has 0 heterocycles. The van der Waals surface area contributed by atoms with E-state index in [2.05, 4.69) is 19.6 Å². The summed E-state index contributed by atoms with van der Waals surface area (Å²) in [5.41, 5.74) is 4.18. The highest BCUT2D eigenvalue weighted by Crippen LogP contribution is 2.10. The molecule has 1 heteroatoms. The summed E-state index contributed by atoms with van der Waals surface area (Å²) in [6, 6.07) is 4.02. The minimum Gasteiger partial charge on any atom is -0.0985 e. The number of benzene rings is 1.